The number of ether oxygens (including phenoxy) is 2. The van der Waals surface area contributed by atoms with Crippen LogP contribution in [0.4, 0.5) is 10.5 Å². The van der Waals surface area contributed by atoms with E-state index in [2.05, 4.69) is 16.4 Å². The molecule has 3 aromatic carbocycles. The fraction of sp³-hybridized carbons (Fsp3) is 0.115. The molecule has 0 radical (unpaired) electrons. The smallest absolute Gasteiger partial charge is 0.409 e. The summed E-state index contributed by atoms with van der Waals surface area (Å²) in [5, 5.41) is 21.7. The van der Waals surface area contributed by atoms with Crippen molar-refractivity contribution in [3.8, 4) is 23.3 Å². The number of anilines is 1. The number of rotatable bonds is 6. The third kappa shape index (κ3) is 4.70. The van der Waals surface area contributed by atoms with Gasteiger partial charge in [0.15, 0.2) is 0 Å². The Morgan fingerprint density at radius 3 is 2.55 bits per heavy atom. The first-order valence-electron chi connectivity index (χ1n) is 10.2. The lowest BCUT2D eigenvalue weighted by Crippen LogP contribution is -2.09. The molecule has 164 valence electrons. The van der Waals surface area contributed by atoms with Gasteiger partial charge in [-0.15, -0.1) is 0 Å². The number of nitrogens with one attached hydrogen (secondary N) is 1. The number of fused-ring (bicyclic) bond motifs is 1. The van der Waals surface area contributed by atoms with E-state index in [0.717, 1.165) is 16.7 Å². The van der Waals surface area contributed by atoms with Crippen LogP contribution < -0.4 is 14.8 Å². The lowest BCUT2D eigenvalue weighted by atomic mass is 10.1. The van der Waals surface area contributed by atoms with E-state index >= 15 is 0 Å². The highest BCUT2D eigenvalue weighted by Gasteiger charge is 2.14. The number of carboxylic acid groups (broad SMARTS) is 1. The summed E-state index contributed by atoms with van der Waals surface area (Å²) in [6.07, 6.45) is 0.508. The van der Waals surface area contributed by atoms with Gasteiger partial charge in [0.1, 0.15) is 29.9 Å². The van der Waals surface area contributed by atoms with Gasteiger partial charge >= 0.3 is 6.09 Å². The maximum atomic E-state index is 11.0. The maximum Gasteiger partial charge on any atom is 0.409 e. The van der Waals surface area contributed by atoms with Crippen LogP contribution in [0.3, 0.4) is 0 Å². The number of carbonyl (C=O) groups is 1. The summed E-state index contributed by atoms with van der Waals surface area (Å²) < 4.78 is 12.1. The van der Waals surface area contributed by atoms with Crippen molar-refractivity contribution in [1.82, 2.24) is 4.98 Å². The van der Waals surface area contributed by atoms with Crippen molar-refractivity contribution in [3.63, 3.8) is 0 Å². The molecule has 0 atom stereocenters. The zero-order valence-electron chi connectivity index (χ0n) is 18.1. The van der Waals surface area contributed by atoms with Gasteiger partial charge in [0, 0.05) is 23.3 Å². The molecule has 0 fully saturated rings. The highest BCUT2D eigenvalue weighted by atomic mass is 16.5. The van der Waals surface area contributed by atoms with Crippen molar-refractivity contribution in [2.75, 3.05) is 5.32 Å². The van der Waals surface area contributed by atoms with Crippen molar-refractivity contribution in [3.05, 3.63) is 89.1 Å². The van der Waals surface area contributed by atoms with Gasteiger partial charge < -0.3 is 14.6 Å². The first kappa shape index (κ1) is 21.7. The molecule has 0 aliphatic heterocycles. The number of amides is 1. The third-order valence-electron chi connectivity index (χ3n) is 5.36. The number of hydrogen-bond donors (Lipinski definition) is 2. The lowest BCUT2D eigenvalue weighted by Gasteiger charge is -2.16. The predicted octanol–water partition coefficient (Wildman–Crippen LogP) is 6.18. The topological polar surface area (TPSA) is 104 Å². The minimum atomic E-state index is -1.12. The molecule has 0 saturated heterocycles. The van der Waals surface area contributed by atoms with E-state index in [1.54, 1.807) is 36.5 Å². The Morgan fingerprint density at radius 1 is 1.03 bits per heavy atom. The Hall–Kier alpha value is -4.57. The molecule has 0 aliphatic carbocycles. The maximum absolute atomic E-state index is 11.0. The van der Waals surface area contributed by atoms with Gasteiger partial charge in [0.05, 0.1) is 11.1 Å². The van der Waals surface area contributed by atoms with Gasteiger partial charge in [-0.05, 0) is 54.8 Å². The van der Waals surface area contributed by atoms with Crippen LogP contribution >= 0.6 is 0 Å². The van der Waals surface area contributed by atoms with Crippen LogP contribution in [0.15, 0.2) is 66.9 Å². The van der Waals surface area contributed by atoms with E-state index in [1.165, 1.54) is 0 Å². The second kappa shape index (κ2) is 9.28. The summed E-state index contributed by atoms with van der Waals surface area (Å²) >= 11 is 0. The van der Waals surface area contributed by atoms with Crippen molar-refractivity contribution in [1.29, 1.82) is 5.26 Å². The molecular formula is C26H21N3O4. The van der Waals surface area contributed by atoms with Crippen molar-refractivity contribution in [2.24, 2.45) is 0 Å². The molecule has 1 heterocycles. The van der Waals surface area contributed by atoms with Crippen molar-refractivity contribution in [2.45, 2.75) is 20.5 Å². The van der Waals surface area contributed by atoms with Crippen LogP contribution in [-0.4, -0.2) is 16.2 Å². The van der Waals surface area contributed by atoms with E-state index in [1.807, 2.05) is 44.2 Å². The highest BCUT2D eigenvalue weighted by molar-refractivity contribution is 5.88. The first-order valence-corrected chi connectivity index (χ1v) is 10.2. The molecule has 4 rings (SSSR count). The number of pyridine rings is 1. The van der Waals surface area contributed by atoms with E-state index in [0.29, 0.717) is 46.0 Å². The van der Waals surface area contributed by atoms with Crippen LogP contribution in [0.25, 0.3) is 10.9 Å². The number of benzene rings is 3. The average Bonchev–Trinajstić information content (AvgIpc) is 2.82. The van der Waals surface area contributed by atoms with Gasteiger partial charge in [-0.1, -0.05) is 30.3 Å². The Kier molecular flexibility index (Phi) is 6.09. The molecule has 0 spiro atoms. The van der Waals surface area contributed by atoms with Crippen molar-refractivity contribution < 1.29 is 19.4 Å². The second-order valence-corrected chi connectivity index (χ2v) is 7.45. The molecule has 0 bridgehead atoms. The molecule has 1 amide bonds. The number of nitriles is 1. The minimum absolute atomic E-state index is 0.340. The third-order valence-corrected chi connectivity index (χ3v) is 5.36. The molecule has 2 N–H and O–H groups in total. The normalized spacial score (nSPS) is 10.5. The SMILES string of the molecule is Cc1c(NC(=O)O)ccc(Oc2ccnc3cc(OCc4ccccc4)c(C#N)cc23)c1C. The zero-order valence-corrected chi connectivity index (χ0v) is 18.1. The minimum Gasteiger partial charge on any atom is -0.487 e. The Balaban J connectivity index is 1.66. The van der Waals surface area contributed by atoms with Gasteiger partial charge in [-0.3, -0.25) is 10.3 Å². The van der Waals surface area contributed by atoms with Crippen molar-refractivity contribution >= 4 is 22.7 Å². The summed E-state index contributed by atoms with van der Waals surface area (Å²) in [6, 6.07) is 20.5. The first-order chi connectivity index (χ1) is 16.0. The second-order valence-electron chi connectivity index (χ2n) is 7.45. The van der Waals surface area contributed by atoms with Crippen LogP contribution in [0.1, 0.15) is 22.3 Å². The summed E-state index contributed by atoms with van der Waals surface area (Å²) in [5.41, 5.74) is 4.08. The standard InChI is InChI=1S/C26H21N3O4/c1-16-17(2)23(9-8-21(16)29-26(30)31)33-24-10-11-28-22-13-25(19(14-27)12-20(22)24)32-15-18-6-4-3-5-7-18/h3-13,29H,15H2,1-2H3,(H,30,31). The molecule has 0 aliphatic rings. The van der Waals surface area contributed by atoms with E-state index < -0.39 is 6.09 Å². The molecule has 7 heteroatoms. The Morgan fingerprint density at radius 2 is 1.82 bits per heavy atom. The largest absolute Gasteiger partial charge is 0.487 e. The van der Waals surface area contributed by atoms with Crippen LogP contribution in [-0.2, 0) is 6.61 Å². The molecular weight excluding hydrogens is 418 g/mol. The quantitative estimate of drug-likeness (QED) is 0.371. The molecule has 7 nitrogen and oxygen atoms in total. The number of nitrogens with zero attached hydrogens (tertiary/aromatic N) is 2. The predicted molar refractivity (Wildman–Crippen MR) is 125 cm³/mol. The summed E-state index contributed by atoms with van der Waals surface area (Å²) in [5.74, 6) is 1.57. The van der Waals surface area contributed by atoms with Gasteiger partial charge in [0.25, 0.3) is 0 Å². The van der Waals surface area contributed by atoms with Gasteiger partial charge in [0.2, 0.25) is 0 Å². The molecule has 4 aromatic rings. The molecule has 0 unspecified atom stereocenters. The average molecular weight is 439 g/mol. The summed E-state index contributed by atoms with van der Waals surface area (Å²) in [6.45, 7) is 4.02. The van der Waals surface area contributed by atoms with Crippen LogP contribution in [0.2, 0.25) is 0 Å². The lowest BCUT2D eigenvalue weighted by molar-refractivity contribution is 0.209. The number of hydrogen-bond acceptors (Lipinski definition) is 5. The highest BCUT2D eigenvalue weighted by Crippen LogP contribution is 2.36. The monoisotopic (exact) mass is 439 g/mol. The van der Waals surface area contributed by atoms with E-state index in [9.17, 15) is 10.1 Å². The Bertz CT molecular complexity index is 1380. The summed E-state index contributed by atoms with van der Waals surface area (Å²) in [4.78, 5) is 15.4. The zero-order chi connectivity index (χ0) is 23.4. The fourth-order valence-corrected chi connectivity index (χ4v) is 3.45. The molecule has 0 saturated carbocycles. The molecule has 1 aromatic heterocycles. The van der Waals surface area contributed by atoms with E-state index in [-0.39, 0.29) is 0 Å². The Labute approximate surface area is 190 Å². The van der Waals surface area contributed by atoms with E-state index in [4.69, 9.17) is 14.6 Å². The number of aromatic nitrogens is 1. The van der Waals surface area contributed by atoms with Crippen LogP contribution in [0.5, 0.6) is 17.2 Å². The molecule has 33 heavy (non-hydrogen) atoms. The van der Waals surface area contributed by atoms with Gasteiger partial charge in [-0.25, -0.2) is 4.79 Å². The van der Waals surface area contributed by atoms with Gasteiger partial charge in [-0.2, -0.15) is 5.26 Å². The summed E-state index contributed by atoms with van der Waals surface area (Å²) in [7, 11) is 0. The fourth-order valence-electron chi connectivity index (χ4n) is 3.45. The van der Waals surface area contributed by atoms with Crippen LogP contribution in [0, 0.1) is 25.2 Å².